The van der Waals surface area contributed by atoms with Crippen LogP contribution in [0.5, 0.6) is 0 Å². The van der Waals surface area contributed by atoms with Crippen molar-refractivity contribution in [1.82, 2.24) is 9.97 Å². The van der Waals surface area contributed by atoms with Crippen molar-refractivity contribution in [3.05, 3.63) is 110 Å². The minimum Gasteiger partial charge on any atom is -0.351 e. The molecule has 4 rings (SSSR count). The van der Waals surface area contributed by atoms with E-state index in [-0.39, 0.29) is 0 Å². The highest BCUT2D eigenvalue weighted by Gasteiger charge is 2.20. The molecule has 2 nitrogen and oxygen atoms in total. The first-order valence-electron chi connectivity index (χ1n) is 8.03. The topological polar surface area (TPSA) is 28.7 Å². The van der Waals surface area contributed by atoms with E-state index in [0.29, 0.717) is 6.71 Å². The third-order valence-electron chi connectivity index (χ3n) is 3.80. The van der Waals surface area contributed by atoms with Crippen LogP contribution in [0, 0.1) is 0 Å². The first-order valence-corrected chi connectivity index (χ1v) is 8.03. The smallest absolute Gasteiger partial charge is 0.241 e. The fourth-order valence-electron chi connectivity index (χ4n) is 2.73. The molecule has 4 aromatic rings. The third kappa shape index (κ3) is 4.23. The molecule has 3 heteroatoms. The number of hydrogen-bond acceptors (Lipinski definition) is 1. The Morgan fingerprint density at radius 2 is 1.00 bits per heavy atom. The van der Waals surface area contributed by atoms with Crippen molar-refractivity contribution >= 4 is 23.1 Å². The van der Waals surface area contributed by atoms with Crippen LogP contribution in [0.15, 0.2) is 110 Å². The zero-order valence-electron chi connectivity index (χ0n) is 13.4. The molecule has 0 aliphatic heterocycles. The number of imidazole rings is 1. The highest BCUT2D eigenvalue weighted by Crippen LogP contribution is 1.95. The zero-order chi connectivity index (χ0) is 16.5. The second-order valence-electron chi connectivity index (χ2n) is 5.43. The second-order valence-corrected chi connectivity index (χ2v) is 5.43. The summed E-state index contributed by atoms with van der Waals surface area (Å²) in [6.07, 6.45) is 5.08. The Balaban J connectivity index is 0.000000290. The van der Waals surface area contributed by atoms with Gasteiger partial charge in [0.2, 0.25) is 6.71 Å². The summed E-state index contributed by atoms with van der Waals surface area (Å²) in [4.78, 5) is 6.42. The van der Waals surface area contributed by atoms with Gasteiger partial charge in [-0.1, -0.05) is 107 Å². The lowest BCUT2D eigenvalue weighted by Gasteiger charge is -2.15. The lowest BCUT2D eigenvalue weighted by molar-refractivity contribution is 1.31. The Bertz CT molecular complexity index is 689. The van der Waals surface area contributed by atoms with Crippen LogP contribution in [0.3, 0.4) is 0 Å². The van der Waals surface area contributed by atoms with E-state index in [4.69, 9.17) is 0 Å². The van der Waals surface area contributed by atoms with E-state index in [0.717, 1.165) is 0 Å². The molecule has 3 aromatic carbocycles. The monoisotopic (exact) mass is 310 g/mol. The number of hydrogen-bond donors (Lipinski definition) is 1. The molecule has 0 aliphatic rings. The van der Waals surface area contributed by atoms with E-state index in [1.807, 2.05) is 0 Å². The van der Waals surface area contributed by atoms with Gasteiger partial charge < -0.3 is 4.98 Å². The highest BCUT2D eigenvalue weighted by atomic mass is 14.8. The van der Waals surface area contributed by atoms with Gasteiger partial charge in [0.1, 0.15) is 0 Å². The summed E-state index contributed by atoms with van der Waals surface area (Å²) in [7, 11) is 0. The number of aromatic nitrogens is 2. The van der Waals surface area contributed by atoms with Crippen LogP contribution in [-0.4, -0.2) is 16.7 Å². The van der Waals surface area contributed by atoms with E-state index >= 15 is 0 Å². The molecular formula is C21H19BN2. The summed E-state index contributed by atoms with van der Waals surface area (Å²) in [5.74, 6) is 0. The van der Waals surface area contributed by atoms with Crippen LogP contribution >= 0.6 is 0 Å². The molecule has 0 aliphatic carbocycles. The maximum atomic E-state index is 3.67. The van der Waals surface area contributed by atoms with Crippen molar-refractivity contribution in [3.8, 4) is 0 Å². The molecule has 1 heterocycles. The van der Waals surface area contributed by atoms with Crippen LogP contribution in [-0.2, 0) is 0 Å². The maximum Gasteiger partial charge on any atom is 0.241 e. The van der Waals surface area contributed by atoms with Gasteiger partial charge in [-0.25, -0.2) is 4.98 Å². The van der Waals surface area contributed by atoms with Gasteiger partial charge >= 0.3 is 0 Å². The minimum atomic E-state index is 0.309. The SMILES string of the molecule is c1c[nH]cn1.c1ccc(B(c2ccccc2)c2ccccc2)cc1. The fourth-order valence-corrected chi connectivity index (χ4v) is 2.73. The van der Waals surface area contributed by atoms with Crippen LogP contribution in [0.4, 0.5) is 0 Å². The number of aromatic amines is 1. The molecule has 0 fully saturated rings. The quantitative estimate of drug-likeness (QED) is 0.579. The molecule has 0 radical (unpaired) electrons. The van der Waals surface area contributed by atoms with Crippen LogP contribution in [0.1, 0.15) is 0 Å². The summed E-state index contributed by atoms with van der Waals surface area (Å²) in [6, 6.07) is 32.0. The minimum absolute atomic E-state index is 0.309. The Hall–Kier alpha value is -3.07. The van der Waals surface area contributed by atoms with Crippen LogP contribution in [0.25, 0.3) is 0 Å². The lowest BCUT2D eigenvalue weighted by Crippen LogP contribution is -2.51. The number of benzene rings is 3. The van der Waals surface area contributed by atoms with E-state index < -0.39 is 0 Å². The molecular weight excluding hydrogens is 291 g/mol. The number of H-pyrrole nitrogens is 1. The molecule has 0 saturated heterocycles. The summed E-state index contributed by atoms with van der Waals surface area (Å²) in [5, 5.41) is 0. The first kappa shape index (κ1) is 15.8. The average molecular weight is 310 g/mol. The Morgan fingerprint density at radius 1 is 0.583 bits per heavy atom. The van der Waals surface area contributed by atoms with Crippen molar-refractivity contribution in [2.75, 3.05) is 0 Å². The zero-order valence-corrected chi connectivity index (χ0v) is 13.4. The second kappa shape index (κ2) is 8.54. The van der Waals surface area contributed by atoms with Crippen molar-refractivity contribution in [2.24, 2.45) is 0 Å². The van der Waals surface area contributed by atoms with Crippen molar-refractivity contribution in [3.63, 3.8) is 0 Å². The Kier molecular flexibility index (Phi) is 5.63. The molecule has 0 amide bonds. The largest absolute Gasteiger partial charge is 0.351 e. The number of nitrogens with one attached hydrogen (secondary N) is 1. The molecule has 1 N–H and O–H groups in total. The Morgan fingerprint density at radius 3 is 1.25 bits per heavy atom. The van der Waals surface area contributed by atoms with E-state index in [1.54, 1.807) is 18.7 Å². The lowest BCUT2D eigenvalue weighted by atomic mass is 9.37. The highest BCUT2D eigenvalue weighted by molar-refractivity contribution is 6.95. The first-order chi connectivity index (χ1) is 11.9. The van der Waals surface area contributed by atoms with Crippen molar-refractivity contribution < 1.29 is 0 Å². The van der Waals surface area contributed by atoms with Gasteiger partial charge in [0.05, 0.1) is 6.33 Å². The predicted molar refractivity (Wildman–Crippen MR) is 103 cm³/mol. The van der Waals surface area contributed by atoms with Gasteiger partial charge in [0.15, 0.2) is 0 Å². The third-order valence-corrected chi connectivity index (χ3v) is 3.80. The molecule has 0 saturated carbocycles. The molecule has 0 atom stereocenters. The molecule has 0 unspecified atom stereocenters. The molecule has 116 valence electrons. The summed E-state index contributed by atoms with van der Waals surface area (Å²) >= 11 is 0. The van der Waals surface area contributed by atoms with Crippen molar-refractivity contribution in [1.29, 1.82) is 0 Å². The molecule has 0 bridgehead atoms. The van der Waals surface area contributed by atoms with Gasteiger partial charge in [-0.15, -0.1) is 0 Å². The Labute approximate surface area is 143 Å². The van der Waals surface area contributed by atoms with Crippen LogP contribution in [0.2, 0.25) is 0 Å². The summed E-state index contributed by atoms with van der Waals surface area (Å²) in [6.45, 7) is 0.309. The van der Waals surface area contributed by atoms with Gasteiger partial charge in [-0.3, -0.25) is 0 Å². The van der Waals surface area contributed by atoms with Crippen LogP contribution < -0.4 is 16.4 Å². The molecule has 0 spiro atoms. The number of nitrogens with zero attached hydrogens (tertiary/aromatic N) is 1. The van der Waals surface area contributed by atoms with Gasteiger partial charge in [0.25, 0.3) is 0 Å². The standard InChI is InChI=1S/C18H15B.C3H4N2/c1-4-10-16(11-5-1)19(17-12-6-2-7-13-17)18-14-8-3-9-15-18;1-2-5-3-4-1/h1-15H;1-3H,(H,4,5). The predicted octanol–water partition coefficient (Wildman–Crippen LogP) is 2.61. The number of rotatable bonds is 3. The molecule has 1 aromatic heterocycles. The van der Waals surface area contributed by atoms with Crippen molar-refractivity contribution in [2.45, 2.75) is 0 Å². The van der Waals surface area contributed by atoms with Gasteiger partial charge in [-0.05, 0) is 0 Å². The average Bonchev–Trinajstić information content (AvgIpc) is 3.25. The summed E-state index contributed by atoms with van der Waals surface area (Å²) in [5.41, 5.74) is 4.00. The fraction of sp³-hybridized carbons (Fsp3) is 0. The summed E-state index contributed by atoms with van der Waals surface area (Å²) < 4.78 is 0. The van der Waals surface area contributed by atoms with E-state index in [1.165, 1.54) is 16.4 Å². The van der Waals surface area contributed by atoms with E-state index in [9.17, 15) is 0 Å². The van der Waals surface area contributed by atoms with Gasteiger partial charge in [-0.2, -0.15) is 0 Å². The van der Waals surface area contributed by atoms with E-state index in [2.05, 4.69) is 101 Å². The maximum absolute atomic E-state index is 3.67. The molecule has 24 heavy (non-hydrogen) atoms. The normalized spacial score (nSPS) is 9.67. The van der Waals surface area contributed by atoms with Gasteiger partial charge in [0, 0.05) is 12.4 Å².